The van der Waals surface area contributed by atoms with Crippen molar-refractivity contribution in [1.29, 1.82) is 0 Å². The lowest BCUT2D eigenvalue weighted by Crippen LogP contribution is -2.30. The summed E-state index contributed by atoms with van der Waals surface area (Å²) in [6, 6.07) is 14.0. The molecule has 2 aromatic carbocycles. The Kier molecular flexibility index (Phi) is 6.93. The van der Waals surface area contributed by atoms with Crippen molar-refractivity contribution in [2.45, 2.75) is 45.6 Å². The van der Waals surface area contributed by atoms with Crippen LogP contribution in [0.5, 0.6) is 5.75 Å². The zero-order valence-corrected chi connectivity index (χ0v) is 17.9. The van der Waals surface area contributed by atoms with Crippen molar-refractivity contribution >= 4 is 17.4 Å². The number of nitrogens with zero attached hydrogens (tertiary/aromatic N) is 1. The first kappa shape index (κ1) is 21.6. The number of aliphatic hydroxyl groups is 1. The summed E-state index contributed by atoms with van der Waals surface area (Å²) >= 11 is 0. The number of aryl methyl sites for hydroxylation is 1. The average Bonchev–Trinajstić information content (AvgIpc) is 3.01. The number of methoxy groups -OCH3 is 1. The van der Waals surface area contributed by atoms with Gasteiger partial charge in [0.15, 0.2) is 0 Å². The second-order valence-electron chi connectivity index (χ2n) is 7.70. The van der Waals surface area contributed by atoms with Crippen LogP contribution in [0.2, 0.25) is 0 Å². The molecule has 0 saturated carbocycles. The Bertz CT molecular complexity index is 946. The van der Waals surface area contributed by atoms with E-state index in [0.29, 0.717) is 17.9 Å². The van der Waals surface area contributed by atoms with Crippen molar-refractivity contribution in [3.8, 4) is 5.75 Å². The topological polar surface area (TPSA) is 66.8 Å². The highest BCUT2D eigenvalue weighted by molar-refractivity contribution is 6.46. The van der Waals surface area contributed by atoms with Gasteiger partial charge in [0.25, 0.3) is 11.7 Å². The number of carbonyl (C=O) groups is 2. The Balaban J connectivity index is 2.08. The molecule has 1 unspecified atom stereocenters. The zero-order chi connectivity index (χ0) is 21.7. The maximum absolute atomic E-state index is 13.0. The van der Waals surface area contributed by atoms with E-state index in [1.54, 1.807) is 24.1 Å². The number of amides is 1. The monoisotopic (exact) mass is 407 g/mol. The number of aliphatic hydroxyl groups excluding tert-OH is 1. The molecule has 1 atom stereocenters. The number of likely N-dealkylation sites (tertiary alicyclic amines) is 1. The fourth-order valence-corrected chi connectivity index (χ4v) is 3.84. The van der Waals surface area contributed by atoms with Crippen LogP contribution in [0.4, 0.5) is 0 Å². The van der Waals surface area contributed by atoms with Gasteiger partial charge in [0, 0.05) is 12.1 Å². The molecule has 1 heterocycles. The van der Waals surface area contributed by atoms with Crippen molar-refractivity contribution in [2.75, 3.05) is 13.7 Å². The normalized spacial score (nSPS) is 18.1. The Labute approximate surface area is 178 Å². The molecule has 5 heteroatoms. The van der Waals surface area contributed by atoms with E-state index in [1.165, 1.54) is 0 Å². The molecule has 158 valence electrons. The lowest BCUT2D eigenvalue weighted by atomic mass is 9.95. The molecule has 3 rings (SSSR count). The summed E-state index contributed by atoms with van der Waals surface area (Å²) in [5, 5.41) is 11.0. The molecule has 2 aromatic rings. The molecule has 0 bridgehead atoms. The van der Waals surface area contributed by atoms with Crippen LogP contribution in [0.1, 0.15) is 55.3 Å². The van der Waals surface area contributed by atoms with Gasteiger partial charge in [-0.3, -0.25) is 9.59 Å². The smallest absolute Gasteiger partial charge is 0.295 e. The molecule has 0 aromatic heterocycles. The van der Waals surface area contributed by atoms with Crippen LogP contribution in [-0.2, 0) is 9.59 Å². The lowest BCUT2D eigenvalue weighted by molar-refractivity contribution is -0.139. The third kappa shape index (κ3) is 4.40. The maximum Gasteiger partial charge on any atom is 0.295 e. The summed E-state index contributed by atoms with van der Waals surface area (Å²) < 4.78 is 5.34. The van der Waals surface area contributed by atoms with Crippen LogP contribution >= 0.6 is 0 Å². The van der Waals surface area contributed by atoms with Gasteiger partial charge in [0.2, 0.25) is 0 Å². The molecule has 5 nitrogen and oxygen atoms in total. The first-order chi connectivity index (χ1) is 14.5. The maximum atomic E-state index is 13.0. The number of rotatable bonds is 8. The van der Waals surface area contributed by atoms with Crippen molar-refractivity contribution in [3.63, 3.8) is 0 Å². The molecule has 0 radical (unpaired) electrons. The number of benzene rings is 2. The second-order valence-corrected chi connectivity index (χ2v) is 7.70. The van der Waals surface area contributed by atoms with Crippen molar-refractivity contribution in [3.05, 3.63) is 70.8 Å². The summed E-state index contributed by atoms with van der Waals surface area (Å²) in [5.74, 6) is -0.707. The largest absolute Gasteiger partial charge is 0.507 e. The van der Waals surface area contributed by atoms with E-state index in [4.69, 9.17) is 4.74 Å². The predicted molar refractivity (Wildman–Crippen MR) is 117 cm³/mol. The van der Waals surface area contributed by atoms with Crippen LogP contribution in [0.15, 0.2) is 54.1 Å². The van der Waals surface area contributed by atoms with Crippen LogP contribution in [0.3, 0.4) is 0 Å². The fraction of sp³-hybridized carbons (Fsp3) is 0.360. The quantitative estimate of drug-likeness (QED) is 0.289. The highest BCUT2D eigenvalue weighted by Crippen LogP contribution is 2.40. The molecule has 1 amide bonds. The van der Waals surface area contributed by atoms with Gasteiger partial charge in [0.05, 0.1) is 18.7 Å². The molecule has 1 saturated heterocycles. The molecular weight excluding hydrogens is 378 g/mol. The van der Waals surface area contributed by atoms with E-state index in [1.807, 2.05) is 43.3 Å². The van der Waals surface area contributed by atoms with Crippen LogP contribution < -0.4 is 4.74 Å². The van der Waals surface area contributed by atoms with Crippen molar-refractivity contribution in [2.24, 2.45) is 0 Å². The third-order valence-corrected chi connectivity index (χ3v) is 5.53. The summed E-state index contributed by atoms with van der Waals surface area (Å²) in [4.78, 5) is 27.5. The molecule has 0 spiro atoms. The van der Waals surface area contributed by atoms with E-state index < -0.39 is 17.7 Å². The standard InChI is InChI=1S/C25H29NO4/c1-4-5-6-7-15-26-22(19-9-8-10-20(16-19)30-3)21(24(28)25(26)29)23(27)18-13-11-17(2)12-14-18/h8-14,16,22,27H,4-7,15H2,1-3H3/b23-21-. The minimum absolute atomic E-state index is 0.132. The van der Waals surface area contributed by atoms with Gasteiger partial charge < -0.3 is 14.7 Å². The highest BCUT2D eigenvalue weighted by atomic mass is 16.5. The van der Waals surface area contributed by atoms with E-state index in [2.05, 4.69) is 6.92 Å². The summed E-state index contributed by atoms with van der Waals surface area (Å²) in [5.41, 5.74) is 2.45. The Morgan fingerprint density at radius 1 is 1.07 bits per heavy atom. The average molecular weight is 408 g/mol. The Morgan fingerprint density at radius 3 is 2.47 bits per heavy atom. The third-order valence-electron chi connectivity index (χ3n) is 5.53. The minimum Gasteiger partial charge on any atom is -0.507 e. The first-order valence-electron chi connectivity index (χ1n) is 10.5. The first-order valence-corrected chi connectivity index (χ1v) is 10.5. The highest BCUT2D eigenvalue weighted by Gasteiger charge is 2.45. The lowest BCUT2D eigenvalue weighted by Gasteiger charge is -2.25. The van der Waals surface area contributed by atoms with Crippen LogP contribution in [-0.4, -0.2) is 35.4 Å². The van der Waals surface area contributed by atoms with E-state index in [9.17, 15) is 14.7 Å². The molecule has 0 aliphatic carbocycles. The van der Waals surface area contributed by atoms with Crippen LogP contribution in [0, 0.1) is 6.92 Å². The number of ether oxygens (including phenoxy) is 1. The molecule has 1 aliphatic heterocycles. The number of carbonyl (C=O) groups excluding carboxylic acids is 2. The molecule has 1 fully saturated rings. The van der Waals surface area contributed by atoms with Gasteiger partial charge in [-0.25, -0.2) is 0 Å². The molecule has 30 heavy (non-hydrogen) atoms. The fourth-order valence-electron chi connectivity index (χ4n) is 3.84. The molecule has 1 aliphatic rings. The summed E-state index contributed by atoms with van der Waals surface area (Å²) in [7, 11) is 1.58. The van der Waals surface area contributed by atoms with E-state index in [0.717, 1.165) is 36.8 Å². The Morgan fingerprint density at radius 2 is 1.80 bits per heavy atom. The Hall–Kier alpha value is -3.08. The number of Topliss-reactive ketones (excluding diaryl/α,β-unsaturated/α-hetero) is 1. The zero-order valence-electron chi connectivity index (χ0n) is 17.9. The van der Waals surface area contributed by atoms with Crippen molar-refractivity contribution in [1.82, 2.24) is 4.90 Å². The number of ketones is 1. The van der Waals surface area contributed by atoms with E-state index >= 15 is 0 Å². The van der Waals surface area contributed by atoms with Gasteiger partial charge in [-0.15, -0.1) is 0 Å². The summed E-state index contributed by atoms with van der Waals surface area (Å²) in [6.07, 6.45) is 3.97. The second kappa shape index (κ2) is 9.61. The number of unbranched alkanes of at least 4 members (excludes halogenated alkanes) is 3. The van der Waals surface area contributed by atoms with Gasteiger partial charge in [0.1, 0.15) is 11.5 Å². The van der Waals surface area contributed by atoms with Gasteiger partial charge >= 0.3 is 0 Å². The van der Waals surface area contributed by atoms with Gasteiger partial charge in [-0.05, 0) is 31.0 Å². The predicted octanol–water partition coefficient (Wildman–Crippen LogP) is 5.01. The van der Waals surface area contributed by atoms with E-state index in [-0.39, 0.29) is 11.3 Å². The number of hydrogen-bond acceptors (Lipinski definition) is 4. The van der Waals surface area contributed by atoms with Crippen molar-refractivity contribution < 1.29 is 19.4 Å². The SMILES string of the molecule is CCCCCCN1C(=O)C(=O)/C(=C(\O)c2ccc(C)cc2)C1c1cccc(OC)c1. The number of hydrogen-bond donors (Lipinski definition) is 1. The van der Waals surface area contributed by atoms with Crippen LogP contribution in [0.25, 0.3) is 5.76 Å². The van der Waals surface area contributed by atoms with Gasteiger partial charge in [-0.2, -0.15) is 0 Å². The van der Waals surface area contributed by atoms with Gasteiger partial charge in [-0.1, -0.05) is 68.1 Å². The summed E-state index contributed by atoms with van der Waals surface area (Å²) in [6.45, 7) is 4.55. The minimum atomic E-state index is -0.642. The molecule has 1 N–H and O–H groups in total. The molecular formula is C25H29NO4.